The molecule has 0 unspecified atom stereocenters. The molecule has 0 aromatic heterocycles. The molecule has 2 aliphatic rings. The first-order chi connectivity index (χ1) is 19.6. The number of hydrogen-bond donors (Lipinski definition) is 1. The lowest BCUT2D eigenvalue weighted by Crippen LogP contribution is -2.50. The van der Waals surface area contributed by atoms with Crippen LogP contribution in [0, 0.1) is 5.82 Å². The number of nitrogens with one attached hydrogen (secondary N) is 1. The Hall–Kier alpha value is -4.63. The molecule has 0 fully saturated rings. The summed E-state index contributed by atoms with van der Waals surface area (Å²) in [5, 5.41) is 11.0. The van der Waals surface area contributed by atoms with Crippen LogP contribution in [-0.2, 0) is 17.2 Å². The largest absolute Gasteiger partial charge is 0.493 e. The van der Waals surface area contributed by atoms with Crippen LogP contribution in [0.3, 0.4) is 0 Å². The van der Waals surface area contributed by atoms with Gasteiger partial charge in [0.15, 0.2) is 22.8 Å². The van der Waals surface area contributed by atoms with Gasteiger partial charge in [0.2, 0.25) is 0 Å². The van der Waals surface area contributed by atoms with E-state index in [1.54, 1.807) is 30.3 Å². The van der Waals surface area contributed by atoms with E-state index in [1.807, 2.05) is 72.8 Å². The summed E-state index contributed by atoms with van der Waals surface area (Å²) in [7, 11) is 1.59. The minimum Gasteiger partial charge on any atom is -0.493 e. The second kappa shape index (κ2) is 11.2. The van der Waals surface area contributed by atoms with E-state index in [0.717, 1.165) is 5.56 Å². The van der Waals surface area contributed by atoms with Crippen LogP contribution in [0.25, 0.3) is 5.70 Å². The normalized spacial score (nSPS) is 15.8. The van der Waals surface area contributed by atoms with Gasteiger partial charge < -0.3 is 9.47 Å². The predicted molar refractivity (Wildman–Crippen MR) is 152 cm³/mol. The van der Waals surface area contributed by atoms with E-state index in [0.29, 0.717) is 56.4 Å². The summed E-state index contributed by atoms with van der Waals surface area (Å²) in [5.74, 6) is 0.749. The van der Waals surface area contributed by atoms with Gasteiger partial charge >= 0.3 is 0 Å². The Bertz CT molecular complexity index is 1730. The summed E-state index contributed by atoms with van der Waals surface area (Å²) in [6, 6.07) is 29.4. The van der Waals surface area contributed by atoms with Crippen molar-refractivity contribution in [2.24, 2.45) is 10.1 Å². The van der Waals surface area contributed by atoms with E-state index in [9.17, 15) is 9.18 Å². The van der Waals surface area contributed by atoms with Gasteiger partial charge in [0.1, 0.15) is 18.1 Å². The number of nitrogens with zero attached hydrogens (tertiary/aromatic N) is 3. The van der Waals surface area contributed by atoms with Crippen LogP contribution in [-0.4, -0.2) is 23.2 Å². The highest BCUT2D eigenvalue weighted by Gasteiger charge is 2.36. The van der Waals surface area contributed by atoms with Crippen LogP contribution in [0.15, 0.2) is 107 Å². The fourth-order valence-electron chi connectivity index (χ4n) is 4.64. The highest BCUT2D eigenvalue weighted by molar-refractivity contribution is 8.13. The summed E-state index contributed by atoms with van der Waals surface area (Å²) in [5.41, 5.74) is 2.59. The third-order valence-corrected chi connectivity index (χ3v) is 7.48. The van der Waals surface area contributed by atoms with E-state index in [4.69, 9.17) is 19.6 Å². The number of thioether (sulfide) groups is 1. The highest BCUT2D eigenvalue weighted by atomic mass is 32.2. The molecule has 4 aromatic rings. The lowest BCUT2D eigenvalue weighted by Gasteiger charge is -2.34. The molecule has 6 rings (SSSR count). The fourth-order valence-corrected chi connectivity index (χ4v) is 5.47. The minimum absolute atomic E-state index is 0.304. The third-order valence-electron chi connectivity index (χ3n) is 6.57. The third kappa shape index (κ3) is 5.03. The van der Waals surface area contributed by atoms with Crippen LogP contribution in [0.2, 0.25) is 0 Å². The van der Waals surface area contributed by atoms with Gasteiger partial charge in [-0.2, -0.15) is 0 Å². The average Bonchev–Trinajstić information content (AvgIpc) is 2.99. The van der Waals surface area contributed by atoms with Gasteiger partial charge in [0, 0.05) is 16.5 Å². The maximum absolute atomic E-state index is 14.3. The van der Waals surface area contributed by atoms with Crippen molar-refractivity contribution in [1.82, 2.24) is 10.3 Å². The molecule has 7 nitrogen and oxygen atoms in total. The molecule has 0 saturated carbocycles. The molecule has 0 saturated heterocycles. The molecule has 200 valence electrons. The summed E-state index contributed by atoms with van der Waals surface area (Å²) in [4.78, 5) is 18.5. The van der Waals surface area contributed by atoms with Crippen LogP contribution in [0.1, 0.15) is 22.9 Å². The first kappa shape index (κ1) is 25.6. The zero-order valence-electron chi connectivity index (χ0n) is 21.6. The second-order valence-electron chi connectivity index (χ2n) is 9.11. The van der Waals surface area contributed by atoms with Gasteiger partial charge in [-0.1, -0.05) is 90.6 Å². The van der Waals surface area contributed by atoms with Gasteiger partial charge in [-0.25, -0.2) is 9.40 Å². The van der Waals surface area contributed by atoms with E-state index >= 15 is 0 Å². The number of hydrogen-bond acceptors (Lipinski definition) is 7. The summed E-state index contributed by atoms with van der Waals surface area (Å²) in [6.07, 6.45) is -0.708. The molecule has 1 atom stereocenters. The highest BCUT2D eigenvalue weighted by Crippen LogP contribution is 2.41. The Balaban J connectivity index is 1.42. The van der Waals surface area contributed by atoms with E-state index in [-0.39, 0.29) is 11.7 Å². The molecule has 1 amide bonds. The number of rotatable bonds is 7. The van der Waals surface area contributed by atoms with Crippen molar-refractivity contribution < 1.29 is 18.7 Å². The first-order valence-corrected chi connectivity index (χ1v) is 13.7. The van der Waals surface area contributed by atoms with E-state index in [2.05, 4.69) is 5.32 Å². The monoisotopic (exact) mass is 552 g/mol. The molecule has 0 spiro atoms. The molecule has 0 aliphatic carbocycles. The molecular weight excluding hydrogens is 527 g/mol. The smallest absolute Gasteiger partial charge is 0.276 e. The number of fused-ring (bicyclic) bond motifs is 2. The topological polar surface area (TPSA) is 75.5 Å². The maximum atomic E-state index is 14.3. The van der Waals surface area contributed by atoms with E-state index in [1.165, 1.54) is 17.8 Å². The molecule has 0 bridgehead atoms. The lowest BCUT2D eigenvalue weighted by molar-refractivity contribution is -0.116. The number of amidine groups is 1. The summed E-state index contributed by atoms with van der Waals surface area (Å²) >= 11 is 1.25. The van der Waals surface area contributed by atoms with Crippen LogP contribution < -0.4 is 25.4 Å². The standard InChI is InChI=1S/C31H25FN4O3S/c1-38-26-17-9-14-23(28(26)39-18-20-10-3-2-4-11-20)29-33-25-16-8-6-13-22(25)27-30(37)34-31(35-36(27)29)40-19-21-12-5-7-15-24(21)32/h2-17,29H,18-19H2,1H3,(H,34,35,37)/t29-/m0/s1. The van der Waals surface area contributed by atoms with Gasteiger partial charge in [-0.3, -0.25) is 15.1 Å². The number of halogens is 1. The van der Waals surface area contributed by atoms with E-state index < -0.39 is 6.17 Å². The molecule has 9 heteroatoms. The minimum atomic E-state index is -0.708. The lowest BCUT2D eigenvalue weighted by atomic mass is 10.1. The zero-order valence-corrected chi connectivity index (χ0v) is 22.4. The van der Waals surface area contributed by atoms with Crippen molar-refractivity contribution in [2.75, 3.05) is 7.11 Å². The first-order valence-electron chi connectivity index (χ1n) is 12.7. The van der Waals surface area contributed by atoms with Crippen LogP contribution >= 0.6 is 11.8 Å². The number of hydrazone groups is 1. The predicted octanol–water partition coefficient (Wildman–Crippen LogP) is 4.49. The van der Waals surface area contributed by atoms with Crippen molar-refractivity contribution in [1.29, 1.82) is 0 Å². The van der Waals surface area contributed by atoms with Crippen molar-refractivity contribution in [3.8, 4) is 11.5 Å². The Labute approximate surface area is 234 Å². The van der Waals surface area contributed by atoms with Crippen molar-refractivity contribution >= 4 is 28.5 Å². The van der Waals surface area contributed by atoms with Gasteiger partial charge in [-0.05, 0) is 29.3 Å². The molecular formula is C31H25FN4O3S. The van der Waals surface area contributed by atoms with Crippen molar-refractivity contribution in [2.45, 2.75) is 18.5 Å². The maximum Gasteiger partial charge on any atom is 0.276 e. The molecule has 0 radical (unpaired) electrons. The number of para-hydroxylation sites is 2. The molecule has 2 aliphatic heterocycles. The number of carbonyl (C=O) groups excluding carboxylic acids is 1. The Morgan fingerprint density at radius 2 is 1.73 bits per heavy atom. The Morgan fingerprint density at radius 1 is 0.950 bits per heavy atom. The van der Waals surface area contributed by atoms with Gasteiger partial charge in [0.05, 0.1) is 12.5 Å². The zero-order chi connectivity index (χ0) is 27.5. The number of methoxy groups -OCH3 is 1. The summed E-state index contributed by atoms with van der Waals surface area (Å²) < 4.78 is 26.2. The number of amides is 1. The molecule has 2 heterocycles. The molecule has 4 aromatic carbocycles. The van der Waals surface area contributed by atoms with Crippen molar-refractivity contribution in [3.63, 3.8) is 0 Å². The number of carbonyl (C=O) groups is 1. The Kier molecular flexibility index (Phi) is 7.20. The second-order valence-corrected chi connectivity index (χ2v) is 10.1. The van der Waals surface area contributed by atoms with Gasteiger partial charge in [-0.15, -0.1) is 5.10 Å². The molecule has 1 N–H and O–H groups in total. The van der Waals surface area contributed by atoms with Crippen LogP contribution in [0.4, 0.5) is 4.39 Å². The van der Waals surface area contributed by atoms with Crippen LogP contribution in [0.5, 0.6) is 11.5 Å². The Morgan fingerprint density at radius 3 is 2.55 bits per heavy atom. The summed E-state index contributed by atoms with van der Waals surface area (Å²) in [6.45, 7) is 0.321. The fraction of sp³-hybridized carbons (Fsp3) is 0.129. The van der Waals surface area contributed by atoms with Crippen molar-refractivity contribution in [3.05, 3.63) is 130 Å². The quantitative estimate of drug-likeness (QED) is 0.366. The molecule has 40 heavy (non-hydrogen) atoms. The van der Waals surface area contributed by atoms with Gasteiger partial charge in [0.25, 0.3) is 5.91 Å². The number of benzene rings is 4. The average molecular weight is 553 g/mol. The number of ether oxygens (including phenoxy) is 2. The SMILES string of the molecule is COc1cccc([C@H]2N=c3ccccc3=C3C(=O)NC(SCc4ccccc4F)=NN32)c1OCc1ccccc1.